The van der Waals surface area contributed by atoms with E-state index < -0.39 is 0 Å². The zero-order valence-corrected chi connectivity index (χ0v) is 16.8. The summed E-state index contributed by atoms with van der Waals surface area (Å²) in [6.45, 7) is 0.856. The maximum Gasteiger partial charge on any atom is 0.262 e. The van der Waals surface area contributed by atoms with Crippen molar-refractivity contribution in [3.05, 3.63) is 70.5 Å². The topological polar surface area (TPSA) is 87.8 Å². The van der Waals surface area contributed by atoms with Crippen LogP contribution in [0.5, 0.6) is 0 Å². The number of para-hydroxylation sites is 1. The van der Waals surface area contributed by atoms with E-state index in [1.807, 2.05) is 42.5 Å². The first-order valence-corrected chi connectivity index (χ1v) is 10.5. The molecule has 1 amide bonds. The first kappa shape index (κ1) is 20.6. The van der Waals surface area contributed by atoms with Gasteiger partial charge in [0.25, 0.3) is 5.56 Å². The lowest BCUT2D eigenvalue weighted by atomic mass is 10.1. The molecule has 0 aliphatic rings. The second-order valence-electron chi connectivity index (χ2n) is 6.50. The number of hydrogen-bond acceptors (Lipinski definition) is 5. The van der Waals surface area contributed by atoms with Crippen molar-refractivity contribution in [3.8, 4) is 6.07 Å². The van der Waals surface area contributed by atoms with Crippen molar-refractivity contribution < 1.29 is 4.79 Å². The summed E-state index contributed by atoms with van der Waals surface area (Å²) in [7, 11) is 0. The molecule has 29 heavy (non-hydrogen) atoms. The van der Waals surface area contributed by atoms with Crippen LogP contribution in [0.25, 0.3) is 10.9 Å². The summed E-state index contributed by atoms with van der Waals surface area (Å²) in [6, 6.07) is 19.4. The number of nitrogens with zero attached hydrogens (tertiary/aromatic N) is 3. The summed E-state index contributed by atoms with van der Waals surface area (Å²) in [5.41, 5.74) is 1.76. The predicted octanol–water partition coefficient (Wildman–Crippen LogP) is 3.15. The SMILES string of the molecule is N#CCCNC(=O)CSc1nc2ccccc2c(=O)n1CCCc1ccccc1. The van der Waals surface area contributed by atoms with Gasteiger partial charge in [-0.25, -0.2) is 4.98 Å². The Morgan fingerprint density at radius 1 is 1.14 bits per heavy atom. The second kappa shape index (κ2) is 10.4. The van der Waals surface area contributed by atoms with Crippen molar-refractivity contribution in [2.45, 2.75) is 31.0 Å². The van der Waals surface area contributed by atoms with Crippen molar-refractivity contribution in [1.29, 1.82) is 5.26 Å². The molecule has 2 aromatic carbocycles. The molecule has 0 saturated carbocycles. The number of carbonyl (C=O) groups is 1. The van der Waals surface area contributed by atoms with Crippen LogP contribution in [0.4, 0.5) is 0 Å². The minimum Gasteiger partial charge on any atom is -0.354 e. The van der Waals surface area contributed by atoms with E-state index in [2.05, 4.69) is 22.4 Å². The molecule has 0 radical (unpaired) electrons. The molecule has 0 spiro atoms. The number of nitriles is 1. The highest BCUT2D eigenvalue weighted by atomic mass is 32.2. The Morgan fingerprint density at radius 3 is 2.69 bits per heavy atom. The van der Waals surface area contributed by atoms with Crippen LogP contribution in [-0.4, -0.2) is 27.8 Å². The van der Waals surface area contributed by atoms with Crippen molar-refractivity contribution in [2.24, 2.45) is 0 Å². The maximum atomic E-state index is 13.0. The summed E-state index contributed by atoms with van der Waals surface area (Å²) in [6.07, 6.45) is 1.93. The largest absolute Gasteiger partial charge is 0.354 e. The van der Waals surface area contributed by atoms with E-state index in [-0.39, 0.29) is 23.6 Å². The number of hydrogen-bond donors (Lipinski definition) is 1. The van der Waals surface area contributed by atoms with Crippen molar-refractivity contribution in [1.82, 2.24) is 14.9 Å². The van der Waals surface area contributed by atoms with Gasteiger partial charge < -0.3 is 5.32 Å². The third-order valence-electron chi connectivity index (χ3n) is 4.41. The predicted molar refractivity (Wildman–Crippen MR) is 115 cm³/mol. The molecule has 7 heteroatoms. The number of nitrogens with one attached hydrogen (secondary N) is 1. The summed E-state index contributed by atoms with van der Waals surface area (Å²) in [4.78, 5) is 29.6. The van der Waals surface area contributed by atoms with Crippen molar-refractivity contribution in [3.63, 3.8) is 0 Å². The van der Waals surface area contributed by atoms with Gasteiger partial charge in [-0.05, 0) is 30.5 Å². The molecule has 1 heterocycles. The quantitative estimate of drug-likeness (QED) is 0.335. The summed E-state index contributed by atoms with van der Waals surface area (Å²) < 4.78 is 1.67. The Balaban J connectivity index is 1.77. The Kier molecular flexibility index (Phi) is 7.42. The molecule has 0 unspecified atom stereocenters. The third-order valence-corrected chi connectivity index (χ3v) is 5.38. The summed E-state index contributed by atoms with van der Waals surface area (Å²) in [5, 5.41) is 12.4. The summed E-state index contributed by atoms with van der Waals surface area (Å²) in [5.74, 6) is -0.0296. The van der Waals surface area contributed by atoms with Gasteiger partial charge in [-0.2, -0.15) is 5.26 Å². The van der Waals surface area contributed by atoms with Gasteiger partial charge in [0.2, 0.25) is 5.91 Å². The molecule has 0 saturated heterocycles. The number of amides is 1. The number of aryl methyl sites for hydroxylation is 1. The Morgan fingerprint density at radius 2 is 1.90 bits per heavy atom. The van der Waals surface area contributed by atoms with E-state index in [9.17, 15) is 9.59 Å². The fourth-order valence-electron chi connectivity index (χ4n) is 2.98. The molecule has 0 bridgehead atoms. The molecule has 0 atom stereocenters. The highest BCUT2D eigenvalue weighted by Crippen LogP contribution is 2.18. The maximum absolute atomic E-state index is 13.0. The van der Waals surface area contributed by atoms with Gasteiger partial charge in [0, 0.05) is 13.1 Å². The van der Waals surface area contributed by atoms with Crippen LogP contribution >= 0.6 is 11.8 Å². The highest BCUT2D eigenvalue weighted by molar-refractivity contribution is 7.99. The minimum absolute atomic E-state index is 0.0870. The molecule has 0 aliphatic heterocycles. The van der Waals surface area contributed by atoms with Gasteiger partial charge in [0.15, 0.2) is 5.16 Å². The zero-order valence-electron chi connectivity index (χ0n) is 16.0. The van der Waals surface area contributed by atoms with Crippen LogP contribution in [0.15, 0.2) is 64.5 Å². The number of fused-ring (bicyclic) bond motifs is 1. The molecule has 0 aliphatic carbocycles. The number of rotatable bonds is 9. The fourth-order valence-corrected chi connectivity index (χ4v) is 3.84. The molecular formula is C22H22N4O2S. The van der Waals surface area contributed by atoms with Crippen LogP contribution in [0.2, 0.25) is 0 Å². The van der Waals surface area contributed by atoms with E-state index in [4.69, 9.17) is 5.26 Å². The molecule has 1 N–H and O–H groups in total. The molecule has 148 valence electrons. The third kappa shape index (κ3) is 5.69. The van der Waals surface area contributed by atoms with E-state index in [0.29, 0.717) is 29.1 Å². The van der Waals surface area contributed by atoms with E-state index >= 15 is 0 Å². The van der Waals surface area contributed by atoms with Crippen LogP contribution in [-0.2, 0) is 17.8 Å². The molecule has 3 rings (SSSR count). The zero-order chi connectivity index (χ0) is 20.5. The number of thioether (sulfide) groups is 1. The average Bonchev–Trinajstić information content (AvgIpc) is 2.75. The van der Waals surface area contributed by atoms with Crippen LogP contribution < -0.4 is 10.9 Å². The van der Waals surface area contributed by atoms with E-state index in [0.717, 1.165) is 12.8 Å². The van der Waals surface area contributed by atoms with Gasteiger partial charge in [-0.1, -0.05) is 54.2 Å². The van der Waals surface area contributed by atoms with E-state index in [1.54, 1.807) is 10.6 Å². The van der Waals surface area contributed by atoms with Crippen LogP contribution in [0.3, 0.4) is 0 Å². The first-order chi connectivity index (χ1) is 14.2. The van der Waals surface area contributed by atoms with Crippen molar-refractivity contribution in [2.75, 3.05) is 12.3 Å². The number of benzene rings is 2. The smallest absolute Gasteiger partial charge is 0.262 e. The van der Waals surface area contributed by atoms with E-state index in [1.165, 1.54) is 17.3 Å². The average molecular weight is 407 g/mol. The molecule has 6 nitrogen and oxygen atoms in total. The Hall–Kier alpha value is -3.11. The number of carbonyl (C=O) groups excluding carboxylic acids is 1. The number of aromatic nitrogens is 2. The van der Waals surface area contributed by atoms with Gasteiger partial charge in [-0.3, -0.25) is 14.2 Å². The van der Waals surface area contributed by atoms with Gasteiger partial charge in [-0.15, -0.1) is 0 Å². The highest BCUT2D eigenvalue weighted by Gasteiger charge is 2.13. The lowest BCUT2D eigenvalue weighted by Crippen LogP contribution is -2.27. The first-order valence-electron chi connectivity index (χ1n) is 9.49. The molecule has 3 aromatic rings. The second-order valence-corrected chi connectivity index (χ2v) is 7.45. The Bertz CT molecular complexity index is 1070. The standard InChI is InChI=1S/C22H22N4O2S/c23-13-7-14-24-20(27)16-29-22-25-19-12-5-4-11-18(19)21(28)26(22)15-6-10-17-8-2-1-3-9-17/h1-5,8-9,11-12H,6-7,10,14-16H2,(H,24,27). The lowest BCUT2D eigenvalue weighted by molar-refractivity contribution is -0.118. The van der Waals surface area contributed by atoms with Crippen molar-refractivity contribution >= 4 is 28.6 Å². The molecular weight excluding hydrogens is 384 g/mol. The Labute approximate surface area is 173 Å². The molecule has 1 aromatic heterocycles. The van der Waals surface area contributed by atoms with Gasteiger partial charge in [0.05, 0.1) is 29.1 Å². The minimum atomic E-state index is -0.177. The molecule has 0 fully saturated rings. The van der Waals surface area contributed by atoms with Gasteiger partial charge >= 0.3 is 0 Å². The fraction of sp³-hybridized carbons (Fsp3) is 0.273. The monoisotopic (exact) mass is 406 g/mol. The summed E-state index contributed by atoms with van der Waals surface area (Å²) >= 11 is 1.25. The van der Waals surface area contributed by atoms with Crippen LogP contribution in [0, 0.1) is 11.3 Å². The van der Waals surface area contributed by atoms with Gasteiger partial charge in [0.1, 0.15) is 0 Å². The van der Waals surface area contributed by atoms with Crippen LogP contribution in [0.1, 0.15) is 18.4 Å². The normalized spacial score (nSPS) is 10.6. The lowest BCUT2D eigenvalue weighted by Gasteiger charge is -2.13.